The first-order chi connectivity index (χ1) is 10.2. The predicted molar refractivity (Wildman–Crippen MR) is 86.8 cm³/mol. The summed E-state index contributed by atoms with van der Waals surface area (Å²) in [4.78, 5) is 15.0. The Labute approximate surface area is 132 Å². The van der Waals surface area contributed by atoms with Crippen LogP contribution in [0.1, 0.15) is 37.0 Å². The molecule has 1 N–H and O–H groups in total. The monoisotopic (exact) mass is 324 g/mol. The number of sulfone groups is 1. The lowest BCUT2D eigenvalue weighted by Gasteiger charge is -2.39. The summed E-state index contributed by atoms with van der Waals surface area (Å²) in [6, 6.07) is 6.36. The third kappa shape index (κ3) is 3.87. The maximum absolute atomic E-state index is 12.5. The zero-order valence-electron chi connectivity index (χ0n) is 13.4. The summed E-state index contributed by atoms with van der Waals surface area (Å²) in [7, 11) is -3.42. The van der Waals surface area contributed by atoms with Gasteiger partial charge in [0.25, 0.3) is 5.91 Å². The first kappa shape index (κ1) is 17.0. The van der Waals surface area contributed by atoms with Crippen LogP contribution in [0.5, 0.6) is 0 Å². The molecule has 1 aromatic carbocycles. The second kappa shape index (κ2) is 6.38. The zero-order valence-corrected chi connectivity index (χ0v) is 14.2. The van der Waals surface area contributed by atoms with Gasteiger partial charge in [0.1, 0.15) is 0 Å². The third-order valence-electron chi connectivity index (χ3n) is 4.35. The summed E-state index contributed by atoms with van der Waals surface area (Å²) >= 11 is 0. The highest BCUT2D eigenvalue weighted by Gasteiger charge is 2.32. The SMILES string of the molecule is CCN1CCC(C)(NC(=O)c2ccccc2S(C)(=O)=O)CC1. The van der Waals surface area contributed by atoms with Gasteiger partial charge in [-0.05, 0) is 38.4 Å². The van der Waals surface area contributed by atoms with E-state index in [1.807, 2.05) is 6.92 Å². The fourth-order valence-electron chi connectivity index (χ4n) is 2.81. The molecule has 0 atom stereocenters. The Bertz CT molecular complexity index is 647. The number of nitrogens with one attached hydrogen (secondary N) is 1. The minimum atomic E-state index is -3.42. The number of piperidine rings is 1. The minimum Gasteiger partial charge on any atom is -0.347 e. The molecule has 0 spiro atoms. The average molecular weight is 324 g/mol. The van der Waals surface area contributed by atoms with Gasteiger partial charge < -0.3 is 10.2 Å². The van der Waals surface area contributed by atoms with Crippen molar-refractivity contribution in [2.45, 2.75) is 37.1 Å². The number of hydrogen-bond donors (Lipinski definition) is 1. The second-order valence-electron chi connectivity index (χ2n) is 6.22. The van der Waals surface area contributed by atoms with Gasteiger partial charge >= 0.3 is 0 Å². The molecule has 0 aromatic heterocycles. The summed E-state index contributed by atoms with van der Waals surface area (Å²) in [6.45, 7) is 7.06. The van der Waals surface area contributed by atoms with Crippen molar-refractivity contribution in [3.05, 3.63) is 29.8 Å². The van der Waals surface area contributed by atoms with E-state index in [0.717, 1.165) is 38.7 Å². The van der Waals surface area contributed by atoms with Gasteiger partial charge in [0.15, 0.2) is 9.84 Å². The first-order valence-electron chi connectivity index (χ1n) is 7.59. The van der Waals surface area contributed by atoms with Crippen LogP contribution in [0.3, 0.4) is 0 Å². The van der Waals surface area contributed by atoms with E-state index < -0.39 is 9.84 Å². The zero-order chi connectivity index (χ0) is 16.4. The first-order valence-corrected chi connectivity index (χ1v) is 9.48. The molecule has 1 aromatic rings. The molecular formula is C16H24N2O3S. The van der Waals surface area contributed by atoms with Crippen molar-refractivity contribution in [1.82, 2.24) is 10.2 Å². The van der Waals surface area contributed by atoms with Crippen LogP contribution < -0.4 is 5.32 Å². The molecule has 0 unspecified atom stereocenters. The van der Waals surface area contributed by atoms with E-state index >= 15 is 0 Å². The highest BCUT2D eigenvalue weighted by molar-refractivity contribution is 7.90. The van der Waals surface area contributed by atoms with E-state index in [4.69, 9.17) is 0 Å². The molecule has 1 aliphatic rings. The highest BCUT2D eigenvalue weighted by atomic mass is 32.2. The molecule has 0 radical (unpaired) electrons. The Morgan fingerprint density at radius 3 is 2.41 bits per heavy atom. The predicted octanol–water partition coefficient (Wildman–Crippen LogP) is 1.69. The van der Waals surface area contributed by atoms with E-state index in [1.54, 1.807) is 18.2 Å². The number of rotatable bonds is 4. The molecule has 22 heavy (non-hydrogen) atoms. The normalized spacial score (nSPS) is 18.9. The fourth-order valence-corrected chi connectivity index (χ4v) is 3.69. The van der Waals surface area contributed by atoms with Crippen molar-refractivity contribution in [3.8, 4) is 0 Å². The Balaban J connectivity index is 2.17. The second-order valence-corrected chi connectivity index (χ2v) is 8.20. The Hall–Kier alpha value is -1.40. The number of hydrogen-bond acceptors (Lipinski definition) is 4. The molecule has 5 nitrogen and oxygen atoms in total. The molecule has 2 rings (SSSR count). The molecular weight excluding hydrogens is 300 g/mol. The fraction of sp³-hybridized carbons (Fsp3) is 0.562. The van der Waals surface area contributed by atoms with Crippen LogP contribution in [0.15, 0.2) is 29.2 Å². The van der Waals surface area contributed by atoms with Crippen molar-refractivity contribution >= 4 is 15.7 Å². The number of carbonyl (C=O) groups excluding carboxylic acids is 1. The molecule has 6 heteroatoms. The van der Waals surface area contributed by atoms with E-state index in [-0.39, 0.29) is 21.9 Å². The molecule has 1 aliphatic heterocycles. The number of amides is 1. The number of likely N-dealkylation sites (tertiary alicyclic amines) is 1. The number of carbonyl (C=O) groups is 1. The van der Waals surface area contributed by atoms with Gasteiger partial charge in [-0.1, -0.05) is 19.1 Å². The molecule has 0 saturated carbocycles. The van der Waals surface area contributed by atoms with Crippen molar-refractivity contribution in [2.24, 2.45) is 0 Å². The molecule has 1 amide bonds. The third-order valence-corrected chi connectivity index (χ3v) is 5.51. The summed E-state index contributed by atoms with van der Waals surface area (Å²) in [5.74, 6) is -0.312. The average Bonchev–Trinajstić information content (AvgIpc) is 2.47. The molecule has 1 heterocycles. The lowest BCUT2D eigenvalue weighted by molar-refractivity contribution is 0.0836. The summed E-state index contributed by atoms with van der Waals surface area (Å²) in [5, 5.41) is 3.04. The van der Waals surface area contributed by atoms with Crippen molar-refractivity contribution in [2.75, 3.05) is 25.9 Å². The topological polar surface area (TPSA) is 66.5 Å². The lowest BCUT2D eigenvalue weighted by Crippen LogP contribution is -2.53. The maximum atomic E-state index is 12.5. The van der Waals surface area contributed by atoms with Crippen LogP contribution in [0, 0.1) is 0 Å². The van der Waals surface area contributed by atoms with Crippen LogP contribution in [-0.2, 0) is 9.84 Å². The molecule has 1 saturated heterocycles. The van der Waals surface area contributed by atoms with Crippen LogP contribution in [0.25, 0.3) is 0 Å². The quantitative estimate of drug-likeness (QED) is 0.915. The van der Waals surface area contributed by atoms with Crippen LogP contribution >= 0.6 is 0 Å². The van der Waals surface area contributed by atoms with Gasteiger partial charge in [0.05, 0.1) is 10.5 Å². The van der Waals surface area contributed by atoms with E-state index in [2.05, 4.69) is 17.1 Å². The standard InChI is InChI=1S/C16H24N2O3S/c1-4-18-11-9-16(2,10-12-18)17-15(19)13-7-5-6-8-14(13)22(3,20)21/h5-8H,4,9-12H2,1-3H3,(H,17,19). The van der Waals surface area contributed by atoms with Crippen LogP contribution in [0.2, 0.25) is 0 Å². The Morgan fingerprint density at radius 2 is 1.86 bits per heavy atom. The maximum Gasteiger partial charge on any atom is 0.253 e. The van der Waals surface area contributed by atoms with Gasteiger partial charge in [0.2, 0.25) is 0 Å². The summed E-state index contributed by atoms with van der Waals surface area (Å²) < 4.78 is 23.7. The van der Waals surface area contributed by atoms with Crippen molar-refractivity contribution in [1.29, 1.82) is 0 Å². The highest BCUT2D eigenvalue weighted by Crippen LogP contribution is 2.23. The van der Waals surface area contributed by atoms with Gasteiger partial charge in [-0.3, -0.25) is 4.79 Å². The lowest BCUT2D eigenvalue weighted by atomic mass is 9.89. The summed E-state index contributed by atoms with van der Waals surface area (Å²) in [6.07, 6.45) is 2.86. The summed E-state index contributed by atoms with van der Waals surface area (Å²) in [5.41, 5.74) is -0.0583. The molecule has 0 bridgehead atoms. The number of nitrogens with zero attached hydrogens (tertiary/aromatic N) is 1. The smallest absolute Gasteiger partial charge is 0.253 e. The van der Waals surface area contributed by atoms with Gasteiger partial charge in [0, 0.05) is 24.9 Å². The Kier molecular flexibility index (Phi) is 4.92. The molecule has 0 aliphatic carbocycles. The van der Waals surface area contributed by atoms with Gasteiger partial charge in [-0.2, -0.15) is 0 Å². The minimum absolute atomic E-state index is 0.0853. The van der Waals surface area contributed by atoms with Crippen molar-refractivity contribution in [3.63, 3.8) is 0 Å². The van der Waals surface area contributed by atoms with Crippen molar-refractivity contribution < 1.29 is 13.2 Å². The van der Waals surface area contributed by atoms with Crippen LogP contribution in [-0.4, -0.2) is 50.7 Å². The van der Waals surface area contributed by atoms with E-state index in [0.29, 0.717) is 0 Å². The number of benzene rings is 1. The largest absolute Gasteiger partial charge is 0.347 e. The Morgan fingerprint density at radius 1 is 1.27 bits per heavy atom. The van der Waals surface area contributed by atoms with Gasteiger partial charge in [-0.15, -0.1) is 0 Å². The van der Waals surface area contributed by atoms with Gasteiger partial charge in [-0.25, -0.2) is 8.42 Å². The van der Waals surface area contributed by atoms with Crippen LogP contribution in [0.4, 0.5) is 0 Å². The van der Waals surface area contributed by atoms with E-state index in [1.165, 1.54) is 6.07 Å². The van der Waals surface area contributed by atoms with E-state index in [9.17, 15) is 13.2 Å². The molecule has 1 fully saturated rings. The molecule has 122 valence electrons.